The maximum atomic E-state index is 2.44. The summed E-state index contributed by atoms with van der Waals surface area (Å²) in [6.07, 6.45) is 7.03. The zero-order valence-corrected chi connectivity index (χ0v) is 10.7. The van der Waals surface area contributed by atoms with E-state index in [0.29, 0.717) is 0 Å². The molecule has 0 aromatic heterocycles. The molecule has 1 fully saturated rings. The average Bonchev–Trinajstić information content (AvgIpc) is 2.26. The topological polar surface area (TPSA) is 0 Å². The van der Waals surface area contributed by atoms with Crippen LogP contribution >= 0.6 is 0 Å². The van der Waals surface area contributed by atoms with E-state index < -0.39 is 0 Å². The molecule has 1 aliphatic rings. The van der Waals surface area contributed by atoms with Crippen molar-refractivity contribution in [1.82, 2.24) is 0 Å². The Labute approximate surface area is 100 Å². The van der Waals surface area contributed by atoms with Gasteiger partial charge in [0.05, 0.1) is 0 Å². The Morgan fingerprint density at radius 2 is 1.88 bits per heavy atom. The molecule has 0 amide bonds. The van der Waals surface area contributed by atoms with E-state index in [2.05, 4.69) is 44.2 Å². The summed E-state index contributed by atoms with van der Waals surface area (Å²) < 4.78 is 0. The minimum absolute atomic E-state index is 0.880. The molecule has 1 aromatic carbocycles. The van der Waals surface area contributed by atoms with Gasteiger partial charge in [0.25, 0.3) is 0 Å². The Bertz CT molecular complexity index is 292. The highest BCUT2D eigenvalue weighted by Gasteiger charge is 2.30. The van der Waals surface area contributed by atoms with Crippen LogP contribution in [0.25, 0.3) is 0 Å². The lowest BCUT2D eigenvalue weighted by Gasteiger charge is -2.37. The van der Waals surface area contributed by atoms with Crippen molar-refractivity contribution in [3.05, 3.63) is 35.9 Å². The number of hydrogen-bond acceptors (Lipinski definition) is 0. The molecule has 2 unspecified atom stereocenters. The van der Waals surface area contributed by atoms with Gasteiger partial charge < -0.3 is 0 Å². The molecule has 0 N–H and O–H groups in total. The van der Waals surface area contributed by atoms with E-state index >= 15 is 0 Å². The average molecular weight is 216 g/mol. The minimum Gasteiger partial charge on any atom is -0.0651 e. The Morgan fingerprint density at radius 3 is 2.38 bits per heavy atom. The van der Waals surface area contributed by atoms with E-state index in [0.717, 1.165) is 17.8 Å². The van der Waals surface area contributed by atoms with E-state index in [1.54, 1.807) is 0 Å². The van der Waals surface area contributed by atoms with Crippen molar-refractivity contribution in [2.24, 2.45) is 17.8 Å². The maximum Gasteiger partial charge on any atom is -0.0245 e. The molecule has 2 atom stereocenters. The molecule has 0 spiro atoms. The van der Waals surface area contributed by atoms with E-state index in [4.69, 9.17) is 0 Å². The van der Waals surface area contributed by atoms with Crippen molar-refractivity contribution >= 4 is 0 Å². The fraction of sp³-hybridized carbons (Fsp3) is 0.625. The first-order chi connectivity index (χ1) is 7.81. The van der Waals surface area contributed by atoms with Crippen LogP contribution in [0.1, 0.15) is 45.1 Å². The third-order valence-corrected chi connectivity index (χ3v) is 4.44. The summed E-state index contributed by atoms with van der Waals surface area (Å²) in [4.78, 5) is 0. The van der Waals surface area contributed by atoms with Crippen LogP contribution in [0.4, 0.5) is 0 Å². The fourth-order valence-electron chi connectivity index (χ4n) is 2.89. The molecule has 0 heterocycles. The molecule has 0 radical (unpaired) electrons. The zero-order chi connectivity index (χ0) is 11.4. The summed E-state index contributed by atoms with van der Waals surface area (Å²) in [7, 11) is 0. The first-order valence-corrected chi connectivity index (χ1v) is 6.85. The molecular formula is C16H24. The summed E-state index contributed by atoms with van der Waals surface area (Å²) in [5, 5.41) is 0. The predicted octanol–water partition coefficient (Wildman–Crippen LogP) is 4.69. The summed E-state index contributed by atoms with van der Waals surface area (Å²) in [5.41, 5.74) is 1.53. The highest BCUT2D eigenvalue weighted by Crippen LogP contribution is 2.39. The van der Waals surface area contributed by atoms with E-state index in [9.17, 15) is 0 Å². The Kier molecular flexibility index (Phi) is 4.04. The van der Waals surface area contributed by atoms with Crippen molar-refractivity contribution in [1.29, 1.82) is 0 Å². The lowest BCUT2D eigenvalue weighted by Crippen LogP contribution is -2.28. The fourth-order valence-corrected chi connectivity index (χ4v) is 2.89. The van der Waals surface area contributed by atoms with Crippen LogP contribution < -0.4 is 0 Å². The van der Waals surface area contributed by atoms with Gasteiger partial charge in [0.1, 0.15) is 0 Å². The smallest absolute Gasteiger partial charge is 0.0245 e. The second-order valence-electron chi connectivity index (χ2n) is 5.43. The highest BCUT2D eigenvalue weighted by atomic mass is 14.3. The third kappa shape index (κ3) is 2.66. The first-order valence-electron chi connectivity index (χ1n) is 6.85. The van der Waals surface area contributed by atoms with E-state index in [1.807, 2.05) is 0 Å². The van der Waals surface area contributed by atoms with Crippen LogP contribution in [0.15, 0.2) is 30.3 Å². The molecule has 1 saturated carbocycles. The second-order valence-corrected chi connectivity index (χ2v) is 5.43. The van der Waals surface area contributed by atoms with Gasteiger partial charge in [-0.15, -0.1) is 0 Å². The molecule has 0 heteroatoms. The minimum atomic E-state index is 0.880. The molecule has 0 nitrogen and oxygen atoms in total. The molecular weight excluding hydrogens is 192 g/mol. The Balaban J connectivity index is 2.01. The van der Waals surface area contributed by atoms with Crippen LogP contribution in [0, 0.1) is 17.8 Å². The van der Waals surface area contributed by atoms with Gasteiger partial charge in [-0.3, -0.25) is 0 Å². The van der Waals surface area contributed by atoms with Gasteiger partial charge in [0.15, 0.2) is 0 Å². The van der Waals surface area contributed by atoms with Gasteiger partial charge in [0.2, 0.25) is 0 Å². The number of rotatable bonds is 5. The molecule has 88 valence electrons. The third-order valence-electron chi connectivity index (χ3n) is 4.44. The van der Waals surface area contributed by atoms with Gasteiger partial charge in [-0.2, -0.15) is 0 Å². The van der Waals surface area contributed by atoms with Gasteiger partial charge in [-0.05, 0) is 29.7 Å². The van der Waals surface area contributed by atoms with Gasteiger partial charge >= 0.3 is 0 Å². The molecule has 1 aromatic rings. The number of benzene rings is 1. The number of hydrogen-bond donors (Lipinski definition) is 0. The van der Waals surface area contributed by atoms with Crippen molar-refractivity contribution in [2.45, 2.75) is 46.0 Å². The predicted molar refractivity (Wildman–Crippen MR) is 70.4 cm³/mol. The Hall–Kier alpha value is -0.780. The van der Waals surface area contributed by atoms with Crippen molar-refractivity contribution in [2.75, 3.05) is 0 Å². The van der Waals surface area contributed by atoms with Gasteiger partial charge in [-0.25, -0.2) is 0 Å². The van der Waals surface area contributed by atoms with Crippen LogP contribution in [-0.4, -0.2) is 0 Å². The molecule has 0 bridgehead atoms. The van der Waals surface area contributed by atoms with E-state index in [1.165, 1.54) is 37.7 Å². The van der Waals surface area contributed by atoms with Crippen LogP contribution in [0.5, 0.6) is 0 Å². The maximum absolute atomic E-state index is 2.44. The van der Waals surface area contributed by atoms with Gasteiger partial charge in [-0.1, -0.05) is 69.9 Å². The van der Waals surface area contributed by atoms with Gasteiger partial charge in [0, 0.05) is 0 Å². The molecule has 0 saturated heterocycles. The zero-order valence-electron chi connectivity index (χ0n) is 10.7. The Morgan fingerprint density at radius 1 is 1.19 bits per heavy atom. The summed E-state index contributed by atoms with van der Waals surface area (Å²) in [6, 6.07) is 11.0. The monoisotopic (exact) mass is 216 g/mol. The molecule has 2 rings (SSSR count). The normalized spacial score (nSPS) is 20.1. The van der Waals surface area contributed by atoms with Crippen LogP contribution in [-0.2, 0) is 6.42 Å². The lowest BCUT2D eigenvalue weighted by molar-refractivity contribution is 0.148. The standard InChI is InChI=1S/C16H24/c1-3-13(2)16(15-10-7-11-15)12-14-8-5-4-6-9-14/h4-6,8-9,13,15-16H,3,7,10-12H2,1-2H3. The molecule has 16 heavy (non-hydrogen) atoms. The quantitative estimate of drug-likeness (QED) is 0.669. The second kappa shape index (κ2) is 5.52. The van der Waals surface area contributed by atoms with Crippen molar-refractivity contribution in [3.63, 3.8) is 0 Å². The molecule has 1 aliphatic carbocycles. The van der Waals surface area contributed by atoms with Crippen molar-refractivity contribution < 1.29 is 0 Å². The van der Waals surface area contributed by atoms with Crippen LogP contribution in [0.2, 0.25) is 0 Å². The summed E-state index contributed by atoms with van der Waals surface area (Å²) >= 11 is 0. The summed E-state index contributed by atoms with van der Waals surface area (Å²) in [6.45, 7) is 4.77. The molecule has 0 aliphatic heterocycles. The lowest BCUT2D eigenvalue weighted by atomic mass is 9.68. The first kappa shape index (κ1) is 11.7. The van der Waals surface area contributed by atoms with Crippen LogP contribution in [0.3, 0.4) is 0 Å². The van der Waals surface area contributed by atoms with Crippen molar-refractivity contribution in [3.8, 4) is 0 Å². The largest absolute Gasteiger partial charge is 0.0651 e. The highest BCUT2D eigenvalue weighted by molar-refractivity contribution is 5.15. The SMILES string of the molecule is CCC(C)C(Cc1ccccc1)C1CCC1. The summed E-state index contributed by atoms with van der Waals surface area (Å²) in [5.74, 6) is 2.81. The van der Waals surface area contributed by atoms with E-state index in [-0.39, 0.29) is 0 Å².